The first-order valence-corrected chi connectivity index (χ1v) is 7.14. The van der Waals surface area contributed by atoms with Gasteiger partial charge in [-0.25, -0.2) is 0 Å². The van der Waals surface area contributed by atoms with E-state index in [0.29, 0.717) is 28.2 Å². The molecule has 0 atom stereocenters. The lowest BCUT2D eigenvalue weighted by molar-refractivity contribution is 0.429. The van der Waals surface area contributed by atoms with Crippen molar-refractivity contribution in [1.82, 2.24) is 25.1 Å². The number of hydrogen-bond acceptors (Lipinski definition) is 9. The molecule has 0 amide bonds. The Balaban J connectivity index is 2.29. The van der Waals surface area contributed by atoms with Crippen LogP contribution in [-0.4, -0.2) is 45.3 Å². The summed E-state index contributed by atoms with van der Waals surface area (Å²) in [7, 11) is 1.77. The molecule has 2 heterocycles. The first kappa shape index (κ1) is 14.5. The summed E-state index contributed by atoms with van der Waals surface area (Å²) in [5.74, 6) is 1.66. The third-order valence-corrected chi connectivity index (χ3v) is 3.26. The van der Waals surface area contributed by atoms with Crippen LogP contribution in [-0.2, 0) is 0 Å². The van der Waals surface area contributed by atoms with Crippen LogP contribution in [0.3, 0.4) is 0 Å². The van der Waals surface area contributed by atoms with Crippen LogP contribution in [0.4, 0.5) is 11.9 Å². The second-order valence-electron chi connectivity index (χ2n) is 3.85. The van der Waals surface area contributed by atoms with Crippen LogP contribution in [0.25, 0.3) is 0 Å². The Kier molecular flexibility index (Phi) is 4.72. The molecule has 2 rings (SSSR count). The van der Waals surface area contributed by atoms with Gasteiger partial charge < -0.3 is 14.6 Å². The highest BCUT2D eigenvalue weighted by Gasteiger charge is 2.14. The van der Waals surface area contributed by atoms with Crippen molar-refractivity contribution in [2.75, 3.05) is 30.4 Å². The van der Waals surface area contributed by atoms with E-state index in [1.54, 1.807) is 14.0 Å². The molecule has 0 aliphatic heterocycles. The fourth-order valence-corrected chi connectivity index (χ4v) is 2.21. The Morgan fingerprint density at radius 2 is 1.90 bits per heavy atom. The molecule has 0 radical (unpaired) electrons. The van der Waals surface area contributed by atoms with Crippen LogP contribution in [0.15, 0.2) is 14.8 Å². The van der Waals surface area contributed by atoms with E-state index in [-0.39, 0.29) is 0 Å². The second kappa shape index (κ2) is 6.51. The molecule has 8 nitrogen and oxygen atoms in total. The Labute approximate surface area is 121 Å². The van der Waals surface area contributed by atoms with Gasteiger partial charge in [-0.1, -0.05) is 0 Å². The van der Waals surface area contributed by atoms with Crippen LogP contribution >= 0.6 is 11.8 Å². The van der Waals surface area contributed by atoms with E-state index in [9.17, 15) is 0 Å². The molecule has 2 aromatic rings. The average Bonchev–Trinajstić information content (AvgIpc) is 2.85. The van der Waals surface area contributed by atoms with Crippen molar-refractivity contribution in [1.29, 1.82) is 0 Å². The minimum atomic E-state index is 0.418. The third-order valence-electron chi connectivity index (χ3n) is 2.56. The maximum atomic E-state index is 5.32. The Morgan fingerprint density at radius 3 is 2.45 bits per heavy atom. The third kappa shape index (κ3) is 3.35. The molecule has 9 heteroatoms. The van der Waals surface area contributed by atoms with Crippen molar-refractivity contribution in [3.05, 3.63) is 5.89 Å². The van der Waals surface area contributed by atoms with Crippen molar-refractivity contribution in [2.45, 2.75) is 31.2 Å². The van der Waals surface area contributed by atoms with Gasteiger partial charge in [0.15, 0.2) is 0 Å². The number of nitrogens with one attached hydrogen (secondary N) is 1. The summed E-state index contributed by atoms with van der Waals surface area (Å²) in [4.78, 5) is 15.1. The van der Waals surface area contributed by atoms with Crippen molar-refractivity contribution in [3.8, 4) is 0 Å². The smallest absolute Gasteiger partial charge is 0.284 e. The Hall–Kier alpha value is -1.90. The van der Waals surface area contributed by atoms with Gasteiger partial charge in [-0.3, -0.25) is 0 Å². The molecule has 0 aliphatic carbocycles. The van der Waals surface area contributed by atoms with Gasteiger partial charge in [-0.15, -0.1) is 10.2 Å². The van der Waals surface area contributed by atoms with Gasteiger partial charge in [0.2, 0.25) is 22.9 Å². The fraction of sp³-hybridized carbons (Fsp3) is 0.545. The summed E-state index contributed by atoms with van der Waals surface area (Å²) in [5.41, 5.74) is 0. The maximum Gasteiger partial charge on any atom is 0.284 e. The van der Waals surface area contributed by atoms with Crippen LogP contribution < -0.4 is 10.2 Å². The molecule has 0 unspecified atom stereocenters. The molecular formula is C11H17N7OS. The number of hydrogen-bond donors (Lipinski definition) is 1. The summed E-state index contributed by atoms with van der Waals surface area (Å²) in [6.45, 7) is 7.51. The zero-order valence-corrected chi connectivity index (χ0v) is 12.7. The van der Waals surface area contributed by atoms with Gasteiger partial charge in [0, 0.05) is 38.8 Å². The van der Waals surface area contributed by atoms with Gasteiger partial charge in [-0.05, 0) is 13.8 Å². The van der Waals surface area contributed by atoms with Crippen molar-refractivity contribution >= 4 is 23.7 Å². The monoisotopic (exact) mass is 295 g/mol. The molecular weight excluding hydrogens is 278 g/mol. The second-order valence-corrected chi connectivity index (χ2v) is 4.77. The van der Waals surface area contributed by atoms with Crippen LogP contribution in [0, 0.1) is 6.92 Å². The average molecular weight is 295 g/mol. The zero-order chi connectivity index (χ0) is 14.5. The van der Waals surface area contributed by atoms with E-state index in [1.165, 1.54) is 11.8 Å². The molecule has 0 saturated heterocycles. The Morgan fingerprint density at radius 1 is 1.15 bits per heavy atom. The Bertz CT molecular complexity index is 570. The van der Waals surface area contributed by atoms with E-state index in [1.807, 2.05) is 4.90 Å². The SMILES string of the molecule is CCN(CC)c1nc(NC)nc(Sc2nnc(C)o2)n1. The largest absolute Gasteiger partial charge is 0.416 e. The summed E-state index contributed by atoms with van der Waals surface area (Å²) < 4.78 is 5.32. The minimum Gasteiger partial charge on any atom is -0.416 e. The number of nitrogens with zero attached hydrogens (tertiary/aromatic N) is 6. The molecule has 0 aromatic carbocycles. The van der Waals surface area contributed by atoms with Gasteiger partial charge >= 0.3 is 0 Å². The van der Waals surface area contributed by atoms with E-state index < -0.39 is 0 Å². The number of aryl methyl sites for hydroxylation is 1. The highest BCUT2D eigenvalue weighted by molar-refractivity contribution is 7.98. The highest BCUT2D eigenvalue weighted by Crippen LogP contribution is 2.25. The van der Waals surface area contributed by atoms with Crippen molar-refractivity contribution in [2.24, 2.45) is 0 Å². The van der Waals surface area contributed by atoms with Crippen molar-refractivity contribution in [3.63, 3.8) is 0 Å². The van der Waals surface area contributed by atoms with Gasteiger partial charge in [0.05, 0.1) is 0 Å². The van der Waals surface area contributed by atoms with E-state index in [2.05, 4.69) is 44.3 Å². The predicted molar refractivity (Wildman–Crippen MR) is 76.1 cm³/mol. The lowest BCUT2D eigenvalue weighted by atomic mass is 10.5. The quantitative estimate of drug-likeness (QED) is 0.852. The fourth-order valence-electron chi connectivity index (χ4n) is 1.55. The summed E-state index contributed by atoms with van der Waals surface area (Å²) >= 11 is 1.22. The molecule has 1 N–H and O–H groups in total. The normalized spacial score (nSPS) is 10.6. The first-order chi connectivity index (χ1) is 9.66. The van der Waals surface area contributed by atoms with Crippen LogP contribution in [0.2, 0.25) is 0 Å². The van der Waals surface area contributed by atoms with Crippen LogP contribution in [0.5, 0.6) is 0 Å². The van der Waals surface area contributed by atoms with Crippen molar-refractivity contribution < 1.29 is 4.42 Å². The first-order valence-electron chi connectivity index (χ1n) is 6.33. The minimum absolute atomic E-state index is 0.418. The zero-order valence-electron chi connectivity index (χ0n) is 11.9. The van der Waals surface area contributed by atoms with E-state index >= 15 is 0 Å². The van der Waals surface area contributed by atoms with Gasteiger partial charge in [0.1, 0.15) is 0 Å². The summed E-state index contributed by atoms with van der Waals surface area (Å²) in [6.07, 6.45) is 0. The lowest BCUT2D eigenvalue weighted by Crippen LogP contribution is -2.25. The predicted octanol–water partition coefficient (Wildman–Crippen LogP) is 1.60. The van der Waals surface area contributed by atoms with Crippen LogP contribution in [0.1, 0.15) is 19.7 Å². The number of anilines is 2. The molecule has 0 aliphatic rings. The number of rotatable bonds is 6. The molecule has 0 fully saturated rings. The molecule has 20 heavy (non-hydrogen) atoms. The molecule has 0 saturated carbocycles. The molecule has 0 spiro atoms. The topological polar surface area (TPSA) is 92.9 Å². The van der Waals surface area contributed by atoms with Gasteiger partial charge in [0.25, 0.3) is 5.22 Å². The highest BCUT2D eigenvalue weighted by atomic mass is 32.2. The molecule has 0 bridgehead atoms. The van der Waals surface area contributed by atoms with Gasteiger partial charge in [-0.2, -0.15) is 15.0 Å². The van der Waals surface area contributed by atoms with E-state index in [0.717, 1.165) is 13.1 Å². The lowest BCUT2D eigenvalue weighted by Gasteiger charge is -2.18. The maximum absolute atomic E-state index is 5.32. The summed E-state index contributed by atoms with van der Waals surface area (Å²) in [5, 5.41) is 11.6. The van der Waals surface area contributed by atoms with E-state index in [4.69, 9.17) is 4.42 Å². The summed E-state index contributed by atoms with van der Waals surface area (Å²) in [6, 6.07) is 0. The molecule has 2 aromatic heterocycles. The number of aromatic nitrogens is 5. The molecule has 108 valence electrons. The standard InChI is InChI=1S/C11H17N7OS/c1-5-18(6-2)9-13-8(12-4)14-10(15-9)20-11-17-16-7(3)19-11/h5-6H2,1-4H3,(H,12,13,14,15).